The van der Waals surface area contributed by atoms with Crippen LogP contribution in [0.3, 0.4) is 0 Å². The van der Waals surface area contributed by atoms with Crippen molar-refractivity contribution in [2.75, 3.05) is 27.2 Å². The Hall–Kier alpha value is -2.79. The van der Waals surface area contributed by atoms with E-state index in [1.54, 1.807) is 6.26 Å². The van der Waals surface area contributed by atoms with Gasteiger partial charge in [0.05, 0.1) is 11.6 Å². The third-order valence-corrected chi connectivity index (χ3v) is 4.39. The molecule has 0 amide bonds. The van der Waals surface area contributed by atoms with Gasteiger partial charge in [-0.15, -0.1) is 0 Å². The number of aryl methyl sites for hydroxylation is 1. The van der Waals surface area contributed by atoms with Gasteiger partial charge in [0, 0.05) is 22.9 Å². The summed E-state index contributed by atoms with van der Waals surface area (Å²) in [6, 6.07) is 9.67. The highest BCUT2D eigenvalue weighted by molar-refractivity contribution is 6.13. The third kappa shape index (κ3) is 2.57. The van der Waals surface area contributed by atoms with Crippen molar-refractivity contribution in [2.45, 2.75) is 6.92 Å². The number of fused-ring (bicyclic) bond motifs is 5. The highest BCUT2D eigenvalue weighted by Gasteiger charge is 2.16. The van der Waals surface area contributed by atoms with E-state index in [0.29, 0.717) is 23.2 Å². The highest BCUT2D eigenvalue weighted by Crippen LogP contribution is 2.34. The lowest BCUT2D eigenvalue weighted by atomic mass is 10.0. The Morgan fingerprint density at radius 2 is 1.84 bits per heavy atom. The van der Waals surface area contributed by atoms with Crippen LogP contribution in [0, 0.1) is 6.92 Å². The van der Waals surface area contributed by atoms with Crippen LogP contribution >= 0.6 is 0 Å². The summed E-state index contributed by atoms with van der Waals surface area (Å²) in [7, 11) is 4.01. The van der Waals surface area contributed by atoms with Crippen LogP contribution in [0.1, 0.15) is 5.56 Å². The van der Waals surface area contributed by atoms with Gasteiger partial charge in [0.2, 0.25) is 0 Å². The van der Waals surface area contributed by atoms with Crippen LogP contribution in [-0.2, 0) is 0 Å². The van der Waals surface area contributed by atoms with Gasteiger partial charge in [0.25, 0.3) is 0 Å². The summed E-state index contributed by atoms with van der Waals surface area (Å²) in [6.07, 6.45) is 1.59. The normalized spacial score (nSPS) is 11.8. The quantitative estimate of drug-likeness (QED) is 0.417. The second-order valence-corrected chi connectivity index (χ2v) is 6.46. The van der Waals surface area contributed by atoms with Crippen molar-refractivity contribution in [2.24, 2.45) is 0 Å². The Morgan fingerprint density at radius 3 is 2.64 bits per heavy atom. The maximum Gasteiger partial charge on any atom is 0.347 e. The van der Waals surface area contributed by atoms with E-state index in [0.717, 1.165) is 34.0 Å². The zero-order valence-electron chi connectivity index (χ0n) is 14.5. The minimum Gasteiger partial charge on any atom is -0.492 e. The standard InChI is InChI=1S/C20H19NO4/c1-12-11-24-19-15-8-7-13-14(18(15)25-20(22)17(12)19)5-4-6-16(13)23-10-9-21(2)3/h4-8,11H,9-10H2,1-3H3. The molecule has 4 rings (SSSR count). The molecule has 2 heterocycles. The van der Waals surface area contributed by atoms with Crippen LogP contribution in [0.5, 0.6) is 5.75 Å². The van der Waals surface area contributed by atoms with Gasteiger partial charge in [0.15, 0.2) is 5.58 Å². The van der Waals surface area contributed by atoms with Gasteiger partial charge in [-0.2, -0.15) is 0 Å². The second kappa shape index (κ2) is 5.93. The molecule has 0 radical (unpaired) electrons. The summed E-state index contributed by atoms with van der Waals surface area (Å²) in [5.74, 6) is 0.777. The summed E-state index contributed by atoms with van der Waals surface area (Å²) in [4.78, 5) is 14.5. The van der Waals surface area contributed by atoms with Crippen LogP contribution in [0.4, 0.5) is 0 Å². The maximum atomic E-state index is 12.4. The van der Waals surface area contributed by atoms with Crippen molar-refractivity contribution in [1.82, 2.24) is 4.90 Å². The summed E-state index contributed by atoms with van der Waals surface area (Å²) < 4.78 is 17.2. The Balaban J connectivity index is 1.93. The number of rotatable bonds is 4. The first kappa shape index (κ1) is 15.7. The topological polar surface area (TPSA) is 55.8 Å². The molecule has 25 heavy (non-hydrogen) atoms. The SMILES string of the molecule is Cc1coc2c1c(=O)oc1c3cccc(OCCN(C)C)c3ccc21. The molecule has 0 spiro atoms. The third-order valence-electron chi connectivity index (χ3n) is 4.39. The maximum absolute atomic E-state index is 12.4. The molecule has 0 saturated carbocycles. The molecule has 4 aromatic rings. The molecule has 2 aromatic carbocycles. The van der Waals surface area contributed by atoms with Crippen molar-refractivity contribution in [1.29, 1.82) is 0 Å². The van der Waals surface area contributed by atoms with E-state index in [1.165, 1.54) is 0 Å². The molecule has 0 N–H and O–H groups in total. The number of hydrogen-bond acceptors (Lipinski definition) is 5. The molecule has 0 atom stereocenters. The average molecular weight is 337 g/mol. The lowest BCUT2D eigenvalue weighted by Gasteiger charge is -2.13. The van der Waals surface area contributed by atoms with Crippen molar-refractivity contribution in [3.8, 4) is 5.75 Å². The van der Waals surface area contributed by atoms with Gasteiger partial charge >= 0.3 is 5.63 Å². The molecule has 0 saturated heterocycles. The van der Waals surface area contributed by atoms with Crippen molar-refractivity contribution < 1.29 is 13.6 Å². The molecule has 0 bridgehead atoms. The molecule has 0 aliphatic heterocycles. The van der Waals surface area contributed by atoms with Crippen molar-refractivity contribution in [3.05, 3.63) is 52.6 Å². The zero-order chi connectivity index (χ0) is 17.6. The number of hydrogen-bond donors (Lipinski definition) is 0. The monoisotopic (exact) mass is 337 g/mol. The summed E-state index contributed by atoms with van der Waals surface area (Å²) in [6.45, 7) is 3.25. The van der Waals surface area contributed by atoms with E-state index >= 15 is 0 Å². The molecule has 0 aliphatic carbocycles. The molecule has 0 fully saturated rings. The molecule has 5 heteroatoms. The number of ether oxygens (including phenoxy) is 1. The molecule has 0 unspecified atom stereocenters. The number of benzene rings is 2. The molecule has 2 aromatic heterocycles. The number of likely N-dealkylation sites (N-methyl/N-ethyl adjacent to an activating group) is 1. The van der Waals surface area contributed by atoms with Crippen LogP contribution in [-0.4, -0.2) is 32.1 Å². The fourth-order valence-electron chi connectivity index (χ4n) is 3.09. The summed E-state index contributed by atoms with van der Waals surface area (Å²) >= 11 is 0. The van der Waals surface area contributed by atoms with Crippen LogP contribution < -0.4 is 10.4 Å². The Kier molecular flexibility index (Phi) is 3.73. The van der Waals surface area contributed by atoms with Gasteiger partial charge in [-0.25, -0.2) is 4.79 Å². The van der Waals surface area contributed by atoms with Crippen LogP contribution in [0.25, 0.3) is 32.7 Å². The van der Waals surface area contributed by atoms with Gasteiger partial charge in [-0.05, 0) is 39.2 Å². The first-order valence-electron chi connectivity index (χ1n) is 8.20. The van der Waals surface area contributed by atoms with Crippen LogP contribution in [0.15, 0.2) is 50.2 Å². The first-order chi connectivity index (χ1) is 12.1. The first-order valence-corrected chi connectivity index (χ1v) is 8.20. The van der Waals surface area contributed by atoms with E-state index in [-0.39, 0.29) is 5.63 Å². The fourth-order valence-corrected chi connectivity index (χ4v) is 3.09. The Bertz CT molecular complexity index is 1140. The van der Waals surface area contributed by atoms with E-state index in [9.17, 15) is 4.79 Å². The minimum atomic E-state index is -0.375. The number of furan rings is 1. The Labute approximate surface area is 144 Å². The fraction of sp³-hybridized carbons (Fsp3) is 0.250. The average Bonchev–Trinajstić information content (AvgIpc) is 2.97. The van der Waals surface area contributed by atoms with Crippen molar-refractivity contribution >= 4 is 32.7 Å². The second-order valence-electron chi connectivity index (χ2n) is 6.46. The molecule has 128 valence electrons. The minimum absolute atomic E-state index is 0.375. The zero-order valence-corrected chi connectivity index (χ0v) is 14.5. The van der Waals surface area contributed by atoms with Gasteiger partial charge < -0.3 is 18.5 Å². The highest BCUT2D eigenvalue weighted by atomic mass is 16.5. The predicted octanol–water partition coefficient (Wildman–Crippen LogP) is 3.94. The lowest BCUT2D eigenvalue weighted by molar-refractivity contribution is 0.263. The molecule has 0 aliphatic rings. The van der Waals surface area contributed by atoms with E-state index in [1.807, 2.05) is 51.4 Å². The van der Waals surface area contributed by atoms with E-state index in [4.69, 9.17) is 13.6 Å². The van der Waals surface area contributed by atoms with E-state index < -0.39 is 0 Å². The molecular weight excluding hydrogens is 318 g/mol. The smallest absolute Gasteiger partial charge is 0.347 e. The van der Waals surface area contributed by atoms with Crippen molar-refractivity contribution in [3.63, 3.8) is 0 Å². The van der Waals surface area contributed by atoms with Gasteiger partial charge in [-0.1, -0.05) is 12.1 Å². The summed E-state index contributed by atoms with van der Waals surface area (Å²) in [5, 5.41) is 3.05. The predicted molar refractivity (Wildman–Crippen MR) is 98.5 cm³/mol. The largest absolute Gasteiger partial charge is 0.492 e. The Morgan fingerprint density at radius 1 is 1.04 bits per heavy atom. The van der Waals surface area contributed by atoms with Crippen LogP contribution in [0.2, 0.25) is 0 Å². The van der Waals surface area contributed by atoms with Gasteiger partial charge in [-0.3, -0.25) is 0 Å². The lowest BCUT2D eigenvalue weighted by Crippen LogP contribution is -2.19. The van der Waals surface area contributed by atoms with Gasteiger partial charge in [0.1, 0.15) is 23.3 Å². The number of nitrogens with zero attached hydrogens (tertiary/aromatic N) is 1. The molecule has 5 nitrogen and oxygen atoms in total. The summed E-state index contributed by atoms with van der Waals surface area (Å²) in [5.41, 5.74) is 1.51. The van der Waals surface area contributed by atoms with E-state index in [2.05, 4.69) is 4.90 Å². The molecular formula is C20H19NO4.